The molecule has 0 saturated carbocycles. The van der Waals surface area contributed by atoms with Gasteiger partial charge in [0.05, 0.1) is 9.85 Å². The van der Waals surface area contributed by atoms with Crippen LogP contribution in [0.3, 0.4) is 0 Å². The number of hydrogen-bond donors (Lipinski definition) is 4. The van der Waals surface area contributed by atoms with Crippen LogP contribution in [0.5, 0.6) is 0 Å². The summed E-state index contributed by atoms with van der Waals surface area (Å²) in [6.45, 7) is 4.32. The maximum Gasteiger partial charge on any atom is 0.270 e. The standard InChI is InChI=1S/C40H40N6O8/c1-27-13-17-31(18-14-27)37(47)43-35(25-29-9-7-11-33(23-29)45(51)52)39(49)41-21-5-3-4-6-22-42-40(50)36(26-30-10-8-12-34(24-30)46(53)54)44-38(48)32-19-15-28(2)16-20-32/h7-20,23-26H,3-6,21-22H2,1-2H3,(H,41,49)(H,42,50)(H,43,47)(H,44,48)/b35-25-,36-26-. The van der Waals surface area contributed by atoms with Gasteiger partial charge in [-0.05, 0) is 74.2 Å². The molecule has 0 aliphatic rings. The maximum atomic E-state index is 13.2. The molecule has 54 heavy (non-hydrogen) atoms. The number of nitrogens with zero attached hydrogens (tertiary/aromatic N) is 2. The molecule has 0 aliphatic heterocycles. The summed E-state index contributed by atoms with van der Waals surface area (Å²) < 4.78 is 0. The summed E-state index contributed by atoms with van der Waals surface area (Å²) in [6, 6.07) is 25.0. The Hall–Kier alpha value is -6.96. The Kier molecular flexibility index (Phi) is 14.4. The monoisotopic (exact) mass is 732 g/mol. The van der Waals surface area contributed by atoms with Crippen molar-refractivity contribution in [2.24, 2.45) is 0 Å². The van der Waals surface area contributed by atoms with Crippen molar-refractivity contribution in [2.75, 3.05) is 13.1 Å². The Morgan fingerprint density at radius 2 is 0.926 bits per heavy atom. The molecule has 0 aliphatic carbocycles. The van der Waals surface area contributed by atoms with E-state index in [0.717, 1.165) is 11.1 Å². The first kappa shape index (κ1) is 39.8. The van der Waals surface area contributed by atoms with Crippen LogP contribution >= 0.6 is 0 Å². The molecule has 14 heteroatoms. The summed E-state index contributed by atoms with van der Waals surface area (Å²) >= 11 is 0. The lowest BCUT2D eigenvalue weighted by Crippen LogP contribution is -2.35. The van der Waals surface area contributed by atoms with Gasteiger partial charge in [0.25, 0.3) is 35.0 Å². The van der Waals surface area contributed by atoms with E-state index in [1.807, 2.05) is 13.8 Å². The van der Waals surface area contributed by atoms with E-state index in [1.54, 1.807) is 60.7 Å². The number of benzene rings is 4. The predicted molar refractivity (Wildman–Crippen MR) is 204 cm³/mol. The number of hydrogen-bond acceptors (Lipinski definition) is 8. The van der Waals surface area contributed by atoms with Crippen molar-refractivity contribution in [2.45, 2.75) is 39.5 Å². The lowest BCUT2D eigenvalue weighted by atomic mass is 10.1. The molecule has 4 aromatic carbocycles. The molecule has 0 unspecified atom stereocenters. The van der Waals surface area contributed by atoms with Crippen molar-refractivity contribution < 1.29 is 29.0 Å². The normalized spacial score (nSPS) is 11.3. The summed E-state index contributed by atoms with van der Waals surface area (Å²) in [5.41, 5.74) is 2.84. The van der Waals surface area contributed by atoms with Crippen molar-refractivity contribution in [3.63, 3.8) is 0 Å². The number of nitro benzene ring substituents is 2. The van der Waals surface area contributed by atoms with Gasteiger partial charge in [0.1, 0.15) is 11.4 Å². The average Bonchev–Trinajstić information content (AvgIpc) is 3.15. The van der Waals surface area contributed by atoms with Gasteiger partial charge in [0, 0.05) is 48.5 Å². The Labute approximate surface area is 311 Å². The number of aryl methyl sites for hydroxylation is 2. The van der Waals surface area contributed by atoms with Crippen molar-refractivity contribution >= 4 is 47.2 Å². The maximum absolute atomic E-state index is 13.2. The molecule has 14 nitrogen and oxygen atoms in total. The summed E-state index contributed by atoms with van der Waals surface area (Å²) in [7, 11) is 0. The second kappa shape index (κ2) is 19.6. The fraction of sp³-hybridized carbons (Fsp3) is 0.200. The van der Waals surface area contributed by atoms with E-state index in [9.17, 15) is 39.4 Å². The van der Waals surface area contributed by atoms with Crippen LogP contribution in [0, 0.1) is 34.1 Å². The van der Waals surface area contributed by atoms with Crippen LogP contribution in [0.1, 0.15) is 68.7 Å². The van der Waals surface area contributed by atoms with Crippen LogP contribution in [0.4, 0.5) is 11.4 Å². The molecule has 0 bridgehead atoms. The number of amides is 4. The first-order valence-corrected chi connectivity index (χ1v) is 17.1. The number of rotatable bonds is 17. The Bertz CT molecular complexity index is 1930. The van der Waals surface area contributed by atoms with Crippen LogP contribution in [-0.4, -0.2) is 46.6 Å². The zero-order valence-corrected chi connectivity index (χ0v) is 29.8. The third-order valence-electron chi connectivity index (χ3n) is 8.07. The van der Waals surface area contributed by atoms with Gasteiger partial charge < -0.3 is 21.3 Å². The molecule has 0 atom stereocenters. The highest BCUT2D eigenvalue weighted by molar-refractivity contribution is 6.06. The molecule has 0 heterocycles. The zero-order chi connectivity index (χ0) is 39.0. The van der Waals surface area contributed by atoms with E-state index < -0.39 is 33.5 Å². The molecular weight excluding hydrogens is 692 g/mol. The molecule has 278 valence electrons. The smallest absolute Gasteiger partial charge is 0.270 e. The van der Waals surface area contributed by atoms with Crippen LogP contribution in [-0.2, 0) is 9.59 Å². The van der Waals surface area contributed by atoms with E-state index in [2.05, 4.69) is 21.3 Å². The number of non-ortho nitro benzene ring substituents is 2. The van der Waals surface area contributed by atoms with Crippen molar-refractivity contribution in [3.05, 3.63) is 162 Å². The number of nitro groups is 2. The second-order valence-electron chi connectivity index (χ2n) is 12.4. The van der Waals surface area contributed by atoms with Gasteiger partial charge >= 0.3 is 0 Å². The third-order valence-corrected chi connectivity index (χ3v) is 8.07. The lowest BCUT2D eigenvalue weighted by Gasteiger charge is -2.12. The van der Waals surface area contributed by atoms with E-state index in [1.165, 1.54) is 48.6 Å². The number of unbranched alkanes of at least 4 members (excludes halogenated alkanes) is 3. The molecule has 0 saturated heterocycles. The van der Waals surface area contributed by atoms with Crippen molar-refractivity contribution in [1.82, 2.24) is 21.3 Å². The lowest BCUT2D eigenvalue weighted by molar-refractivity contribution is -0.385. The van der Waals surface area contributed by atoms with Crippen LogP contribution in [0.25, 0.3) is 12.2 Å². The van der Waals surface area contributed by atoms with Gasteiger partial charge in [-0.25, -0.2) is 0 Å². The van der Waals surface area contributed by atoms with E-state index in [-0.39, 0.29) is 35.9 Å². The van der Waals surface area contributed by atoms with Gasteiger partial charge in [-0.1, -0.05) is 72.5 Å². The van der Waals surface area contributed by atoms with Crippen molar-refractivity contribution in [3.8, 4) is 0 Å². The summed E-state index contributed by atoms with van der Waals surface area (Å²) in [6.07, 6.45) is 5.30. The zero-order valence-electron chi connectivity index (χ0n) is 29.8. The molecule has 0 aromatic heterocycles. The number of carbonyl (C=O) groups excluding carboxylic acids is 4. The third kappa shape index (κ3) is 12.4. The highest BCUT2D eigenvalue weighted by Gasteiger charge is 2.17. The van der Waals surface area contributed by atoms with Crippen molar-refractivity contribution in [1.29, 1.82) is 0 Å². The summed E-state index contributed by atoms with van der Waals surface area (Å²) in [5, 5.41) is 33.3. The molecule has 0 fully saturated rings. The Balaban J connectivity index is 1.30. The highest BCUT2D eigenvalue weighted by atomic mass is 16.6. The minimum absolute atomic E-state index is 0.0766. The molecule has 4 amide bonds. The molecule has 4 rings (SSSR count). The largest absolute Gasteiger partial charge is 0.351 e. The summed E-state index contributed by atoms with van der Waals surface area (Å²) in [4.78, 5) is 73.7. The van der Waals surface area contributed by atoms with E-state index >= 15 is 0 Å². The number of nitrogens with one attached hydrogen (secondary N) is 4. The van der Waals surface area contributed by atoms with Crippen LogP contribution < -0.4 is 21.3 Å². The quantitative estimate of drug-likeness (QED) is 0.0428. The second-order valence-corrected chi connectivity index (χ2v) is 12.4. The van der Waals surface area contributed by atoms with E-state index in [4.69, 9.17) is 0 Å². The van der Waals surface area contributed by atoms with E-state index in [0.29, 0.717) is 47.9 Å². The van der Waals surface area contributed by atoms with Crippen LogP contribution in [0.2, 0.25) is 0 Å². The molecular formula is C40H40N6O8. The van der Waals surface area contributed by atoms with Gasteiger partial charge in [0.2, 0.25) is 0 Å². The SMILES string of the molecule is Cc1ccc(C(=O)N/C(=C\c2cccc([N+](=O)[O-])c2)C(=O)NCCCCCCNC(=O)/C(=C/c2cccc([N+](=O)[O-])c2)NC(=O)c2ccc(C)cc2)cc1. The average molecular weight is 733 g/mol. The topological polar surface area (TPSA) is 203 Å². The number of carbonyl (C=O) groups is 4. The predicted octanol–water partition coefficient (Wildman–Crippen LogP) is 6.15. The first-order chi connectivity index (χ1) is 25.9. The molecule has 0 radical (unpaired) electrons. The highest BCUT2D eigenvalue weighted by Crippen LogP contribution is 2.17. The molecule has 0 spiro atoms. The summed E-state index contributed by atoms with van der Waals surface area (Å²) in [5.74, 6) is -2.15. The van der Waals surface area contributed by atoms with Gasteiger partial charge in [0.15, 0.2) is 0 Å². The first-order valence-electron chi connectivity index (χ1n) is 17.1. The van der Waals surface area contributed by atoms with Gasteiger partial charge in [-0.15, -0.1) is 0 Å². The fourth-order valence-corrected chi connectivity index (χ4v) is 5.10. The van der Waals surface area contributed by atoms with Gasteiger partial charge in [-0.3, -0.25) is 39.4 Å². The molecule has 4 N–H and O–H groups in total. The van der Waals surface area contributed by atoms with Crippen LogP contribution in [0.15, 0.2) is 108 Å². The minimum atomic E-state index is -0.565. The minimum Gasteiger partial charge on any atom is -0.351 e. The molecule has 4 aromatic rings. The Morgan fingerprint density at radius 3 is 1.28 bits per heavy atom. The van der Waals surface area contributed by atoms with Gasteiger partial charge in [-0.2, -0.15) is 0 Å². The fourth-order valence-electron chi connectivity index (χ4n) is 5.10. The Morgan fingerprint density at radius 1 is 0.556 bits per heavy atom.